The van der Waals surface area contributed by atoms with E-state index in [1.165, 1.54) is 13.2 Å². The number of rotatable bonds is 5. The molecule has 1 heterocycles. The molecule has 1 aliphatic heterocycles. The summed E-state index contributed by atoms with van der Waals surface area (Å²) in [5.41, 5.74) is 0.994. The zero-order chi connectivity index (χ0) is 24.3. The Hall–Kier alpha value is -2.12. The highest BCUT2D eigenvalue weighted by atomic mass is 28.4. The third-order valence-corrected chi connectivity index (χ3v) is 10.6. The van der Waals surface area contributed by atoms with Crippen LogP contribution in [0, 0.1) is 0 Å². The number of ether oxygens (including phenoxy) is 2. The second kappa shape index (κ2) is 9.79. The number of benzene rings is 1. The summed E-state index contributed by atoms with van der Waals surface area (Å²) in [6, 6.07) is 9.72. The zero-order valence-electron chi connectivity index (χ0n) is 21.0. The van der Waals surface area contributed by atoms with Crippen LogP contribution in [0.15, 0.2) is 42.1 Å². The van der Waals surface area contributed by atoms with Crippen LogP contribution < -0.4 is 0 Å². The van der Waals surface area contributed by atoms with E-state index < -0.39 is 26.0 Å². The van der Waals surface area contributed by atoms with Gasteiger partial charge in [0.05, 0.1) is 19.3 Å². The summed E-state index contributed by atoms with van der Waals surface area (Å²) in [6.07, 6.45) is 1.70. The normalized spacial score (nSPS) is 21.0. The molecule has 2 rings (SSSR count). The zero-order valence-corrected chi connectivity index (χ0v) is 22.0. The maximum atomic E-state index is 13.3. The maximum absolute atomic E-state index is 13.3. The molecule has 2 atom stereocenters. The Kier molecular flexibility index (Phi) is 7.99. The van der Waals surface area contributed by atoms with Gasteiger partial charge in [-0.15, -0.1) is 0 Å². The highest BCUT2D eigenvalue weighted by Gasteiger charge is 2.48. The van der Waals surface area contributed by atoms with Crippen molar-refractivity contribution in [2.75, 3.05) is 7.11 Å². The van der Waals surface area contributed by atoms with E-state index in [9.17, 15) is 9.59 Å². The summed E-state index contributed by atoms with van der Waals surface area (Å²) < 4.78 is 17.4. The van der Waals surface area contributed by atoms with Crippen LogP contribution in [-0.2, 0) is 25.1 Å². The maximum Gasteiger partial charge on any atom is 0.414 e. The van der Waals surface area contributed by atoms with E-state index in [1.807, 2.05) is 51.1 Å². The molecule has 0 bridgehead atoms. The predicted molar refractivity (Wildman–Crippen MR) is 129 cm³/mol. The standard InChI is InChI=1S/C25H39NO5Si/c1-24(2,3)30-23(28)26-19(17-22(27)29-7)16-21(31-32(8,9)25(4,5)6)20(26)15-18-13-11-10-12-14-18/h10-14,17,20-21H,15-16H2,1-9H3/b19-17+. The third kappa shape index (κ3) is 6.69. The van der Waals surface area contributed by atoms with Crippen molar-refractivity contribution in [3.63, 3.8) is 0 Å². The molecule has 1 aromatic carbocycles. The van der Waals surface area contributed by atoms with Gasteiger partial charge in [0.25, 0.3) is 0 Å². The Labute approximate surface area is 194 Å². The van der Waals surface area contributed by atoms with Gasteiger partial charge in [0, 0.05) is 18.2 Å². The summed E-state index contributed by atoms with van der Waals surface area (Å²) in [7, 11) is -0.810. The van der Waals surface area contributed by atoms with Crippen LogP contribution in [0.25, 0.3) is 0 Å². The number of hydrogen-bond acceptors (Lipinski definition) is 5. The summed E-state index contributed by atoms with van der Waals surface area (Å²) in [5, 5.41) is 0.00978. The molecule has 2 unspecified atom stereocenters. The van der Waals surface area contributed by atoms with Crippen molar-refractivity contribution in [3.8, 4) is 0 Å². The lowest BCUT2D eigenvalue weighted by Crippen LogP contribution is -2.49. The Balaban J connectivity index is 2.52. The van der Waals surface area contributed by atoms with Crippen molar-refractivity contribution in [2.45, 2.75) is 90.3 Å². The lowest BCUT2D eigenvalue weighted by Gasteiger charge is -2.40. The fraction of sp³-hybridized carbons (Fsp3) is 0.600. The van der Waals surface area contributed by atoms with Crippen molar-refractivity contribution >= 4 is 20.4 Å². The molecule has 0 radical (unpaired) electrons. The quantitative estimate of drug-likeness (QED) is 0.320. The molecule has 1 amide bonds. The molecule has 32 heavy (non-hydrogen) atoms. The van der Waals surface area contributed by atoms with Gasteiger partial charge in [-0.2, -0.15) is 0 Å². The van der Waals surface area contributed by atoms with Gasteiger partial charge in [-0.3, -0.25) is 4.90 Å². The number of carbonyl (C=O) groups excluding carboxylic acids is 2. The van der Waals surface area contributed by atoms with Gasteiger partial charge in [0.2, 0.25) is 0 Å². The first-order valence-electron chi connectivity index (χ1n) is 11.2. The van der Waals surface area contributed by atoms with E-state index in [0.29, 0.717) is 18.5 Å². The molecule has 6 nitrogen and oxygen atoms in total. The smallest absolute Gasteiger partial charge is 0.414 e. The van der Waals surface area contributed by atoms with Crippen molar-refractivity contribution in [1.82, 2.24) is 4.90 Å². The number of esters is 1. The molecule has 0 N–H and O–H groups in total. The van der Waals surface area contributed by atoms with Gasteiger partial charge in [0.15, 0.2) is 8.32 Å². The van der Waals surface area contributed by atoms with Gasteiger partial charge >= 0.3 is 12.1 Å². The average Bonchev–Trinajstić information content (AvgIpc) is 2.96. The summed E-state index contributed by atoms with van der Waals surface area (Å²) in [5.74, 6) is -0.500. The number of hydrogen-bond donors (Lipinski definition) is 0. The van der Waals surface area contributed by atoms with Crippen LogP contribution >= 0.6 is 0 Å². The fourth-order valence-corrected chi connectivity index (χ4v) is 4.81. The molecule has 0 spiro atoms. The lowest BCUT2D eigenvalue weighted by atomic mass is 10.0. The lowest BCUT2D eigenvalue weighted by molar-refractivity contribution is -0.134. The van der Waals surface area contributed by atoms with E-state index in [1.54, 1.807) is 4.90 Å². The monoisotopic (exact) mass is 461 g/mol. The predicted octanol–water partition coefficient (Wildman–Crippen LogP) is 5.69. The second-order valence-corrected chi connectivity index (χ2v) is 15.6. The molecule has 0 aromatic heterocycles. The Morgan fingerprint density at radius 2 is 1.69 bits per heavy atom. The number of nitrogens with zero attached hydrogens (tertiary/aromatic N) is 1. The summed E-state index contributed by atoms with van der Waals surface area (Å²) in [4.78, 5) is 27.0. The molecule has 1 aliphatic rings. The topological polar surface area (TPSA) is 65.1 Å². The van der Waals surface area contributed by atoms with Gasteiger partial charge in [-0.25, -0.2) is 9.59 Å². The van der Waals surface area contributed by atoms with Crippen LogP contribution in [0.1, 0.15) is 53.5 Å². The number of likely N-dealkylation sites (tertiary alicyclic amines) is 1. The minimum absolute atomic E-state index is 0.00978. The Bertz CT molecular complexity index is 836. The van der Waals surface area contributed by atoms with E-state index in [-0.39, 0.29) is 17.2 Å². The molecular weight excluding hydrogens is 422 g/mol. The van der Waals surface area contributed by atoms with Crippen molar-refractivity contribution in [1.29, 1.82) is 0 Å². The fourth-order valence-electron chi connectivity index (χ4n) is 3.46. The highest BCUT2D eigenvalue weighted by Crippen LogP contribution is 2.42. The minimum atomic E-state index is -2.14. The SMILES string of the molecule is COC(=O)/C=C1\CC(O[Si](C)(C)C(C)(C)C)C(Cc2ccccc2)N1C(=O)OC(C)(C)C. The van der Waals surface area contributed by atoms with Gasteiger partial charge in [-0.1, -0.05) is 51.1 Å². The minimum Gasteiger partial charge on any atom is -0.466 e. The van der Waals surface area contributed by atoms with Gasteiger partial charge in [0.1, 0.15) is 5.60 Å². The molecular formula is C25H39NO5Si. The Morgan fingerprint density at radius 1 is 1.09 bits per heavy atom. The molecule has 7 heteroatoms. The van der Waals surface area contributed by atoms with Crippen molar-refractivity contribution in [3.05, 3.63) is 47.7 Å². The van der Waals surface area contributed by atoms with Crippen molar-refractivity contribution in [2.24, 2.45) is 0 Å². The van der Waals surface area contributed by atoms with Gasteiger partial charge < -0.3 is 13.9 Å². The molecule has 1 aromatic rings. The van der Waals surface area contributed by atoms with E-state index >= 15 is 0 Å². The van der Waals surface area contributed by atoms with E-state index in [0.717, 1.165) is 5.56 Å². The molecule has 0 saturated carbocycles. The first kappa shape index (κ1) is 26.1. The van der Waals surface area contributed by atoms with Crippen LogP contribution in [-0.4, -0.2) is 50.1 Å². The van der Waals surface area contributed by atoms with E-state index in [4.69, 9.17) is 13.9 Å². The number of amides is 1. The molecule has 1 fully saturated rings. The van der Waals surface area contributed by atoms with Crippen LogP contribution in [0.5, 0.6) is 0 Å². The third-order valence-electron chi connectivity index (χ3n) is 6.10. The first-order valence-corrected chi connectivity index (χ1v) is 14.1. The average molecular weight is 462 g/mol. The number of carbonyl (C=O) groups is 2. The summed E-state index contributed by atoms with van der Waals surface area (Å²) in [6.45, 7) is 16.5. The van der Waals surface area contributed by atoms with Gasteiger partial charge in [-0.05, 0) is 50.9 Å². The second-order valence-electron chi connectivity index (χ2n) is 10.9. The van der Waals surface area contributed by atoms with Crippen LogP contribution in [0.2, 0.25) is 18.1 Å². The highest BCUT2D eigenvalue weighted by molar-refractivity contribution is 6.74. The molecule has 1 saturated heterocycles. The summed E-state index contributed by atoms with van der Waals surface area (Å²) >= 11 is 0. The molecule has 0 aliphatic carbocycles. The first-order chi connectivity index (χ1) is 14.6. The van der Waals surface area contributed by atoms with Crippen LogP contribution in [0.3, 0.4) is 0 Å². The molecule has 178 valence electrons. The Morgan fingerprint density at radius 3 is 2.19 bits per heavy atom. The van der Waals surface area contributed by atoms with Crippen molar-refractivity contribution < 1.29 is 23.5 Å². The number of methoxy groups -OCH3 is 1. The largest absolute Gasteiger partial charge is 0.466 e. The van der Waals surface area contributed by atoms with Crippen LogP contribution in [0.4, 0.5) is 4.79 Å². The van der Waals surface area contributed by atoms with E-state index in [2.05, 4.69) is 33.9 Å².